The van der Waals surface area contributed by atoms with Crippen LogP contribution in [0.3, 0.4) is 0 Å². The first kappa shape index (κ1) is 19.8. The van der Waals surface area contributed by atoms with Gasteiger partial charge in [0.25, 0.3) is 11.7 Å². The Kier molecular flexibility index (Phi) is 5.37. The molecular weight excluding hydrogens is 400 g/mol. The number of benzene rings is 1. The number of likely N-dealkylation sites (tertiary alicyclic amines) is 1. The van der Waals surface area contributed by atoms with Crippen molar-refractivity contribution in [2.24, 2.45) is 0 Å². The van der Waals surface area contributed by atoms with Gasteiger partial charge in [0.15, 0.2) is 0 Å². The van der Waals surface area contributed by atoms with Crippen LogP contribution in [0.25, 0.3) is 5.76 Å². The van der Waals surface area contributed by atoms with E-state index in [2.05, 4.69) is 4.98 Å². The molecule has 1 saturated heterocycles. The molecule has 1 aliphatic heterocycles. The van der Waals surface area contributed by atoms with Gasteiger partial charge in [-0.15, -0.1) is 11.3 Å². The van der Waals surface area contributed by atoms with E-state index in [0.29, 0.717) is 11.3 Å². The molecule has 1 unspecified atom stereocenters. The first-order valence-corrected chi connectivity index (χ1v) is 10.2. The summed E-state index contributed by atoms with van der Waals surface area (Å²) in [7, 11) is 1.50. The molecule has 4 rings (SSSR count). The van der Waals surface area contributed by atoms with E-state index in [1.54, 1.807) is 36.7 Å². The zero-order valence-corrected chi connectivity index (χ0v) is 17.3. The number of hydrogen-bond acceptors (Lipinski definition) is 6. The summed E-state index contributed by atoms with van der Waals surface area (Å²) in [5.41, 5.74) is 2.21. The van der Waals surface area contributed by atoms with Crippen molar-refractivity contribution in [1.82, 2.24) is 9.88 Å². The highest BCUT2D eigenvalue weighted by Crippen LogP contribution is 2.43. The maximum absolute atomic E-state index is 13.1. The number of thiophene rings is 1. The summed E-state index contributed by atoms with van der Waals surface area (Å²) in [5, 5.41) is 13.1. The number of ether oxygens (including phenoxy) is 1. The van der Waals surface area contributed by atoms with Crippen LogP contribution in [-0.2, 0) is 16.1 Å². The van der Waals surface area contributed by atoms with E-state index in [9.17, 15) is 14.7 Å². The quantitative estimate of drug-likeness (QED) is 0.382. The summed E-state index contributed by atoms with van der Waals surface area (Å²) in [6.45, 7) is 2.12. The minimum absolute atomic E-state index is 0.0698. The number of carbonyl (C=O) groups is 2. The van der Waals surface area contributed by atoms with Gasteiger partial charge >= 0.3 is 0 Å². The highest BCUT2D eigenvalue weighted by Gasteiger charge is 2.46. The van der Waals surface area contributed by atoms with Crippen LogP contribution in [0.5, 0.6) is 5.75 Å². The summed E-state index contributed by atoms with van der Waals surface area (Å²) in [5.74, 6) is -1.14. The molecule has 1 N–H and O–H groups in total. The highest BCUT2D eigenvalue weighted by molar-refractivity contribution is 7.10. The minimum Gasteiger partial charge on any atom is -0.507 e. The number of ketones is 1. The van der Waals surface area contributed by atoms with Crippen LogP contribution in [0.15, 0.2) is 65.8 Å². The standard InChI is InChI=1S/C23H20N2O4S/c1-14-5-6-17(29-2)16(12-14)21(26)19-20(18-4-3-11-30-18)25(23(28)22(19)27)13-15-7-9-24-10-8-15/h3-12,20,26H,13H2,1-2H3/b21-19-. The largest absolute Gasteiger partial charge is 0.507 e. The van der Waals surface area contributed by atoms with Crippen molar-refractivity contribution in [2.45, 2.75) is 19.5 Å². The second-order valence-electron chi connectivity index (χ2n) is 7.00. The summed E-state index contributed by atoms with van der Waals surface area (Å²) >= 11 is 1.43. The average Bonchev–Trinajstić information content (AvgIpc) is 3.37. The molecule has 0 radical (unpaired) electrons. The fraction of sp³-hybridized carbons (Fsp3) is 0.174. The highest BCUT2D eigenvalue weighted by atomic mass is 32.1. The number of Topliss-reactive ketones (excluding diaryl/α,β-unsaturated/α-hetero) is 1. The van der Waals surface area contributed by atoms with Gasteiger partial charge in [-0.3, -0.25) is 14.6 Å². The van der Waals surface area contributed by atoms with E-state index >= 15 is 0 Å². The zero-order valence-electron chi connectivity index (χ0n) is 16.5. The van der Waals surface area contributed by atoms with Gasteiger partial charge in [0.2, 0.25) is 0 Å². The third-order valence-corrected chi connectivity index (χ3v) is 5.99. The first-order chi connectivity index (χ1) is 14.5. The van der Waals surface area contributed by atoms with E-state index in [-0.39, 0.29) is 17.9 Å². The second-order valence-corrected chi connectivity index (χ2v) is 7.98. The van der Waals surface area contributed by atoms with Crippen molar-refractivity contribution in [3.63, 3.8) is 0 Å². The molecule has 0 spiro atoms. The van der Waals surface area contributed by atoms with Gasteiger partial charge in [-0.05, 0) is 48.2 Å². The maximum Gasteiger partial charge on any atom is 0.295 e. The number of amides is 1. The Morgan fingerprint density at radius 3 is 2.63 bits per heavy atom. The van der Waals surface area contributed by atoms with Gasteiger partial charge in [0.05, 0.1) is 24.3 Å². The van der Waals surface area contributed by atoms with E-state index in [1.807, 2.05) is 30.5 Å². The molecule has 0 aliphatic carbocycles. The fourth-order valence-electron chi connectivity index (χ4n) is 3.62. The number of hydrogen-bond donors (Lipinski definition) is 1. The van der Waals surface area contributed by atoms with Crippen LogP contribution in [-0.4, -0.2) is 33.8 Å². The second kappa shape index (κ2) is 8.12. The van der Waals surface area contributed by atoms with Crippen LogP contribution < -0.4 is 4.74 Å². The maximum atomic E-state index is 13.1. The van der Waals surface area contributed by atoms with Crippen molar-refractivity contribution in [2.75, 3.05) is 7.11 Å². The molecule has 0 bridgehead atoms. The van der Waals surface area contributed by atoms with Crippen molar-refractivity contribution in [3.05, 3.63) is 87.4 Å². The predicted octanol–water partition coefficient (Wildman–Crippen LogP) is 4.08. The van der Waals surface area contributed by atoms with Crippen molar-refractivity contribution < 1.29 is 19.4 Å². The smallest absolute Gasteiger partial charge is 0.295 e. The van der Waals surface area contributed by atoms with Crippen LogP contribution in [0.1, 0.15) is 27.6 Å². The Balaban J connectivity index is 1.88. The monoisotopic (exact) mass is 420 g/mol. The Bertz CT molecular complexity index is 1120. The topological polar surface area (TPSA) is 79.7 Å². The number of nitrogens with zero attached hydrogens (tertiary/aromatic N) is 2. The van der Waals surface area contributed by atoms with Gasteiger partial charge in [0.1, 0.15) is 11.5 Å². The van der Waals surface area contributed by atoms with Crippen LogP contribution in [0.4, 0.5) is 0 Å². The van der Waals surface area contributed by atoms with Gasteiger partial charge < -0.3 is 14.7 Å². The lowest BCUT2D eigenvalue weighted by Gasteiger charge is -2.24. The van der Waals surface area contributed by atoms with Crippen LogP contribution >= 0.6 is 11.3 Å². The normalized spacial score (nSPS) is 18.1. The van der Waals surface area contributed by atoms with E-state index < -0.39 is 17.7 Å². The molecule has 30 heavy (non-hydrogen) atoms. The van der Waals surface area contributed by atoms with Gasteiger partial charge in [-0.2, -0.15) is 0 Å². The molecule has 1 aromatic carbocycles. The molecular formula is C23H20N2O4S. The third-order valence-electron chi connectivity index (χ3n) is 5.07. The third kappa shape index (κ3) is 3.48. The van der Waals surface area contributed by atoms with E-state index in [0.717, 1.165) is 16.0 Å². The van der Waals surface area contributed by atoms with E-state index in [4.69, 9.17) is 4.74 Å². The molecule has 1 fully saturated rings. The molecule has 7 heteroatoms. The summed E-state index contributed by atoms with van der Waals surface area (Å²) < 4.78 is 5.38. The summed E-state index contributed by atoms with van der Waals surface area (Å²) in [6.07, 6.45) is 3.29. The van der Waals surface area contributed by atoms with E-state index in [1.165, 1.54) is 23.3 Å². The number of aliphatic hydroxyl groups excluding tert-OH is 1. The Labute approximate surface area is 178 Å². The number of aryl methyl sites for hydroxylation is 1. The van der Waals surface area contributed by atoms with Crippen molar-refractivity contribution in [1.29, 1.82) is 0 Å². The number of aliphatic hydroxyl groups is 1. The summed E-state index contributed by atoms with van der Waals surface area (Å²) in [4.78, 5) is 32.3. The lowest BCUT2D eigenvalue weighted by Crippen LogP contribution is -2.28. The van der Waals surface area contributed by atoms with Crippen LogP contribution in [0, 0.1) is 6.92 Å². The Hall–Kier alpha value is -3.45. The number of aromatic nitrogens is 1. The minimum atomic E-state index is -0.705. The lowest BCUT2D eigenvalue weighted by molar-refractivity contribution is -0.140. The number of carbonyl (C=O) groups excluding carboxylic acids is 2. The molecule has 6 nitrogen and oxygen atoms in total. The first-order valence-electron chi connectivity index (χ1n) is 9.37. The number of rotatable bonds is 5. The average molecular weight is 420 g/mol. The molecule has 0 saturated carbocycles. The van der Waals surface area contributed by atoms with Crippen LogP contribution in [0.2, 0.25) is 0 Å². The molecule has 1 atom stereocenters. The molecule has 2 aromatic heterocycles. The van der Waals surface area contributed by atoms with Gasteiger partial charge in [-0.1, -0.05) is 17.7 Å². The SMILES string of the molecule is COc1ccc(C)cc1/C(O)=C1/C(=O)C(=O)N(Cc2ccncc2)C1c1cccs1. The molecule has 1 amide bonds. The van der Waals surface area contributed by atoms with Gasteiger partial charge in [-0.25, -0.2) is 0 Å². The Morgan fingerprint density at radius 2 is 1.97 bits per heavy atom. The fourth-order valence-corrected chi connectivity index (χ4v) is 4.47. The van der Waals surface area contributed by atoms with Gasteiger partial charge in [0, 0.05) is 23.8 Å². The molecule has 1 aliphatic rings. The summed E-state index contributed by atoms with van der Waals surface area (Å²) in [6, 6.07) is 12.0. The van der Waals surface area contributed by atoms with Crippen molar-refractivity contribution >= 4 is 28.8 Å². The predicted molar refractivity (Wildman–Crippen MR) is 114 cm³/mol. The Morgan fingerprint density at radius 1 is 1.20 bits per heavy atom. The molecule has 3 aromatic rings. The lowest BCUT2D eigenvalue weighted by atomic mass is 9.98. The molecule has 3 heterocycles. The zero-order chi connectivity index (χ0) is 21.3. The van der Waals surface area contributed by atoms with Crippen molar-refractivity contribution in [3.8, 4) is 5.75 Å². The number of methoxy groups -OCH3 is 1. The number of pyridine rings is 1. The molecule has 152 valence electrons.